The Morgan fingerprint density at radius 1 is 1.43 bits per heavy atom. The van der Waals surface area contributed by atoms with E-state index >= 15 is 0 Å². The number of benzene rings is 1. The molecule has 2 heterocycles. The zero-order valence-corrected chi connectivity index (χ0v) is 15.7. The number of imidazole rings is 1. The average Bonchev–Trinajstić information content (AvgIpc) is 3.24. The van der Waals surface area contributed by atoms with Gasteiger partial charge in [-0.3, -0.25) is 14.4 Å². The predicted molar refractivity (Wildman–Crippen MR) is 105 cm³/mol. The van der Waals surface area contributed by atoms with Gasteiger partial charge in [0.05, 0.1) is 12.5 Å². The second-order valence-corrected chi connectivity index (χ2v) is 6.34. The highest BCUT2D eigenvalue weighted by atomic mass is 16.3. The molecule has 2 amide bonds. The van der Waals surface area contributed by atoms with Crippen molar-refractivity contribution in [2.45, 2.75) is 19.9 Å². The largest absolute Gasteiger partial charge is 0.483 e. The van der Waals surface area contributed by atoms with Gasteiger partial charge < -0.3 is 19.9 Å². The van der Waals surface area contributed by atoms with Gasteiger partial charge in [-0.2, -0.15) is 0 Å². The van der Waals surface area contributed by atoms with Crippen LogP contribution in [0, 0.1) is 12.8 Å². The summed E-state index contributed by atoms with van der Waals surface area (Å²) in [5.41, 5.74) is 1.78. The molecule has 1 atom stereocenters. The van der Waals surface area contributed by atoms with E-state index in [2.05, 4.69) is 16.9 Å². The lowest BCUT2D eigenvalue weighted by Gasteiger charge is -2.16. The van der Waals surface area contributed by atoms with Crippen molar-refractivity contribution >= 4 is 24.0 Å². The lowest BCUT2D eigenvalue weighted by Crippen LogP contribution is -2.28. The van der Waals surface area contributed by atoms with E-state index in [1.807, 2.05) is 42.0 Å². The smallest absolute Gasteiger partial charge is 0.290 e. The molecule has 1 aliphatic rings. The minimum absolute atomic E-state index is 0.00220. The minimum atomic E-state index is -0.324. The quantitative estimate of drug-likeness (QED) is 0.585. The second kappa shape index (κ2) is 10.1. The van der Waals surface area contributed by atoms with E-state index in [1.165, 1.54) is 0 Å². The van der Waals surface area contributed by atoms with Crippen molar-refractivity contribution in [1.82, 2.24) is 14.5 Å². The summed E-state index contributed by atoms with van der Waals surface area (Å²) in [5.74, 6) is 0.482. The summed E-state index contributed by atoms with van der Waals surface area (Å²) in [6.45, 7) is 6.91. The van der Waals surface area contributed by atoms with Crippen LogP contribution >= 0.6 is 0 Å². The van der Waals surface area contributed by atoms with Crippen LogP contribution in [0.15, 0.2) is 49.3 Å². The molecule has 1 unspecified atom stereocenters. The van der Waals surface area contributed by atoms with Crippen molar-refractivity contribution in [3.8, 4) is 0 Å². The van der Waals surface area contributed by atoms with Crippen molar-refractivity contribution < 1.29 is 19.5 Å². The first-order chi connectivity index (χ1) is 13.5. The summed E-state index contributed by atoms with van der Waals surface area (Å²) >= 11 is 0. The highest BCUT2D eigenvalue weighted by molar-refractivity contribution is 5.97. The third-order valence-electron chi connectivity index (χ3n) is 4.47. The van der Waals surface area contributed by atoms with Crippen molar-refractivity contribution in [1.29, 1.82) is 0 Å². The molecule has 0 saturated carbocycles. The maximum Gasteiger partial charge on any atom is 0.290 e. The molecule has 2 N–H and O–H groups in total. The normalized spacial score (nSPS) is 15.5. The molecule has 1 aliphatic heterocycles. The number of hydrogen-bond acceptors (Lipinski definition) is 4. The number of rotatable bonds is 6. The minimum Gasteiger partial charge on any atom is -0.483 e. The number of aromatic nitrogens is 2. The van der Waals surface area contributed by atoms with Crippen molar-refractivity contribution in [3.63, 3.8) is 0 Å². The van der Waals surface area contributed by atoms with Gasteiger partial charge in [-0.25, -0.2) is 4.98 Å². The second-order valence-electron chi connectivity index (χ2n) is 6.34. The number of carbonyl (C=O) groups excluding carboxylic acids is 2. The lowest BCUT2D eigenvalue weighted by atomic mass is 10.1. The highest BCUT2D eigenvalue weighted by Gasteiger charge is 2.33. The van der Waals surface area contributed by atoms with Crippen LogP contribution in [-0.2, 0) is 20.9 Å². The monoisotopic (exact) mass is 384 g/mol. The third kappa shape index (κ3) is 5.29. The van der Waals surface area contributed by atoms with Crippen LogP contribution in [0.25, 0.3) is 0 Å². The summed E-state index contributed by atoms with van der Waals surface area (Å²) in [6.07, 6.45) is 5.61. The summed E-state index contributed by atoms with van der Waals surface area (Å²) < 4.78 is 2.02. The van der Waals surface area contributed by atoms with E-state index in [9.17, 15) is 9.59 Å². The molecule has 0 aliphatic carbocycles. The topological polar surface area (TPSA) is 105 Å². The molecule has 8 heteroatoms. The van der Waals surface area contributed by atoms with E-state index in [-0.39, 0.29) is 30.6 Å². The fourth-order valence-corrected chi connectivity index (χ4v) is 3.05. The predicted octanol–water partition coefficient (Wildman–Crippen LogP) is 1.91. The van der Waals surface area contributed by atoms with Gasteiger partial charge in [-0.05, 0) is 18.6 Å². The molecule has 3 rings (SSSR count). The van der Waals surface area contributed by atoms with Gasteiger partial charge in [0, 0.05) is 37.6 Å². The molecule has 1 saturated heterocycles. The van der Waals surface area contributed by atoms with E-state index in [1.54, 1.807) is 17.2 Å². The van der Waals surface area contributed by atoms with Gasteiger partial charge in [-0.15, -0.1) is 6.58 Å². The Labute approximate surface area is 163 Å². The maximum absolute atomic E-state index is 12.6. The molecular weight excluding hydrogens is 360 g/mol. The van der Waals surface area contributed by atoms with Crippen LogP contribution < -0.4 is 5.32 Å². The Hall–Kier alpha value is -3.42. The van der Waals surface area contributed by atoms with Crippen molar-refractivity contribution in [2.75, 3.05) is 18.4 Å². The first-order valence-corrected chi connectivity index (χ1v) is 8.83. The molecule has 0 spiro atoms. The maximum atomic E-state index is 12.6. The summed E-state index contributed by atoms with van der Waals surface area (Å²) in [7, 11) is 0. The first kappa shape index (κ1) is 20.9. The van der Waals surface area contributed by atoms with Crippen molar-refractivity contribution in [3.05, 3.63) is 60.7 Å². The number of hydrogen-bond donors (Lipinski definition) is 2. The molecular formula is C20H24N4O4. The SMILES string of the molecule is C=CCN1CC(C(=O)Nc2ccccc2Cn2ccnc2C)CC1=O.O=CO. The first-order valence-electron chi connectivity index (χ1n) is 8.83. The summed E-state index contributed by atoms with van der Waals surface area (Å²) in [5, 5.41) is 9.88. The van der Waals surface area contributed by atoms with Gasteiger partial charge in [-0.1, -0.05) is 24.3 Å². The Bertz CT molecular complexity index is 846. The van der Waals surface area contributed by atoms with E-state index in [0.29, 0.717) is 19.6 Å². The van der Waals surface area contributed by atoms with Crippen LogP contribution in [0.5, 0.6) is 0 Å². The van der Waals surface area contributed by atoms with E-state index in [4.69, 9.17) is 9.90 Å². The zero-order chi connectivity index (χ0) is 20.5. The van der Waals surface area contributed by atoms with Crippen LogP contribution in [0.4, 0.5) is 5.69 Å². The molecule has 148 valence electrons. The molecule has 1 aromatic heterocycles. The molecule has 1 fully saturated rings. The Balaban J connectivity index is 0.000000878. The lowest BCUT2D eigenvalue weighted by molar-refractivity contribution is -0.128. The average molecular weight is 384 g/mol. The number of amides is 2. The van der Waals surface area contributed by atoms with Gasteiger partial charge in [0.1, 0.15) is 5.82 Å². The highest BCUT2D eigenvalue weighted by Crippen LogP contribution is 2.22. The van der Waals surface area contributed by atoms with Crippen molar-refractivity contribution in [2.24, 2.45) is 5.92 Å². The molecule has 1 aromatic carbocycles. The van der Waals surface area contributed by atoms with Gasteiger partial charge in [0.25, 0.3) is 6.47 Å². The zero-order valence-electron chi connectivity index (χ0n) is 15.7. The molecule has 8 nitrogen and oxygen atoms in total. The number of nitrogens with one attached hydrogen (secondary N) is 1. The van der Waals surface area contributed by atoms with E-state index < -0.39 is 0 Å². The molecule has 2 aromatic rings. The number of carboxylic acid groups (broad SMARTS) is 1. The van der Waals surface area contributed by atoms with Crippen LogP contribution in [0.3, 0.4) is 0 Å². The van der Waals surface area contributed by atoms with Gasteiger partial charge >= 0.3 is 0 Å². The van der Waals surface area contributed by atoms with Gasteiger partial charge in [0.15, 0.2) is 0 Å². The third-order valence-corrected chi connectivity index (χ3v) is 4.47. The number of anilines is 1. The number of nitrogens with zero attached hydrogens (tertiary/aromatic N) is 3. The van der Waals surface area contributed by atoms with Crippen LogP contribution in [-0.4, -0.2) is 50.9 Å². The Morgan fingerprint density at radius 3 is 2.79 bits per heavy atom. The molecule has 28 heavy (non-hydrogen) atoms. The van der Waals surface area contributed by atoms with Crippen LogP contribution in [0.1, 0.15) is 17.8 Å². The number of para-hydroxylation sites is 1. The van der Waals surface area contributed by atoms with Crippen LogP contribution in [0.2, 0.25) is 0 Å². The van der Waals surface area contributed by atoms with E-state index in [0.717, 1.165) is 17.1 Å². The summed E-state index contributed by atoms with van der Waals surface area (Å²) in [4.78, 5) is 38.8. The fraction of sp³-hybridized carbons (Fsp3) is 0.300. The standard InChI is InChI=1S/C19H22N4O2.CH2O2/c1-3-9-23-13-16(11-18(23)24)19(25)21-17-7-5-4-6-15(17)12-22-10-8-20-14(22)2;2-1-3/h3-8,10,16H,1,9,11-13H2,2H3,(H,21,25);1H,(H,2,3). The fourth-order valence-electron chi connectivity index (χ4n) is 3.05. The molecule has 0 radical (unpaired) electrons. The number of aryl methyl sites for hydroxylation is 1. The Kier molecular flexibility index (Phi) is 7.50. The molecule has 0 bridgehead atoms. The van der Waals surface area contributed by atoms with Gasteiger partial charge in [0.2, 0.25) is 11.8 Å². The number of likely N-dealkylation sites (tertiary alicyclic amines) is 1. The summed E-state index contributed by atoms with van der Waals surface area (Å²) in [6, 6.07) is 7.71. The Morgan fingerprint density at radius 2 is 2.14 bits per heavy atom. The number of carbonyl (C=O) groups is 3.